The molecule has 0 unspecified atom stereocenters. The van der Waals surface area contributed by atoms with Gasteiger partial charge < -0.3 is 5.73 Å². The van der Waals surface area contributed by atoms with E-state index >= 15 is 0 Å². The van der Waals surface area contributed by atoms with Crippen molar-refractivity contribution in [3.05, 3.63) is 29.8 Å². The van der Waals surface area contributed by atoms with E-state index in [1.165, 1.54) is 0 Å². The summed E-state index contributed by atoms with van der Waals surface area (Å²) in [4.78, 5) is 0. The van der Waals surface area contributed by atoms with Crippen LogP contribution in [0.5, 0.6) is 0 Å². The van der Waals surface area contributed by atoms with Gasteiger partial charge in [-0.05, 0) is 12.0 Å². The van der Waals surface area contributed by atoms with Gasteiger partial charge in [0.1, 0.15) is 0 Å². The minimum atomic E-state index is 0.404. The smallest absolute Gasteiger partial charge is 0.0834 e. The average Bonchev–Trinajstić information content (AvgIpc) is 2.09. The van der Waals surface area contributed by atoms with Crippen molar-refractivity contribution in [2.75, 3.05) is 5.73 Å². The Kier molecular flexibility index (Phi) is 3.71. The van der Waals surface area contributed by atoms with Gasteiger partial charge in [-0.3, -0.25) is 0 Å². The molecule has 0 fully saturated rings. The number of nitrogen functional groups attached to an aromatic ring is 1. The van der Waals surface area contributed by atoms with Gasteiger partial charge >= 0.3 is 0 Å². The number of nitrogens with zero attached hydrogens (tertiary/aromatic N) is 1. The topological polar surface area (TPSA) is 38.4 Å². The van der Waals surface area contributed by atoms with E-state index in [4.69, 9.17) is 5.73 Å². The Hall–Kier alpha value is -0.580. The Bertz CT molecular complexity index is 318. The Morgan fingerprint density at radius 2 is 2.00 bits per heavy atom. The number of halogens is 1. The number of hydrogen-bond donors (Lipinski definition) is 1. The number of anilines is 1. The lowest BCUT2D eigenvalue weighted by molar-refractivity contribution is 0.890. The first-order valence-corrected chi connectivity index (χ1v) is 5.17. The van der Waals surface area contributed by atoms with Gasteiger partial charge in [0.2, 0.25) is 0 Å². The summed E-state index contributed by atoms with van der Waals surface area (Å²) in [6.07, 6.45) is 0. The number of para-hydroxylation sites is 1. The quantitative estimate of drug-likeness (QED) is 0.507. The summed E-state index contributed by atoms with van der Waals surface area (Å²) in [6.45, 7) is 4.23. The van der Waals surface area contributed by atoms with E-state index in [0.29, 0.717) is 5.92 Å². The van der Waals surface area contributed by atoms with Crippen LogP contribution in [0.1, 0.15) is 19.4 Å². The molecule has 0 bridgehead atoms. The minimum absolute atomic E-state index is 0.404. The lowest BCUT2D eigenvalue weighted by atomic mass is 9.99. The van der Waals surface area contributed by atoms with Gasteiger partial charge in [0.15, 0.2) is 0 Å². The molecule has 0 atom stereocenters. The zero-order valence-electron chi connectivity index (χ0n) is 7.79. The Morgan fingerprint density at radius 3 is 2.46 bits per heavy atom. The lowest BCUT2D eigenvalue weighted by Crippen LogP contribution is -2.10. The standard InChI is InChI=1S/C10H13IN2/c1-7(2)10(13-11)8-5-3-4-6-9(8)12/h3-7H,12H2,1-2H3/b13-10-. The number of benzene rings is 1. The molecule has 1 aromatic rings. The van der Waals surface area contributed by atoms with E-state index in [0.717, 1.165) is 17.0 Å². The molecule has 0 saturated heterocycles. The fourth-order valence-electron chi connectivity index (χ4n) is 1.18. The summed E-state index contributed by atoms with van der Waals surface area (Å²) in [5.41, 5.74) is 8.75. The third kappa shape index (κ3) is 2.43. The molecule has 0 aliphatic heterocycles. The van der Waals surface area contributed by atoms with Crippen molar-refractivity contribution >= 4 is 34.3 Å². The molecule has 2 nitrogen and oxygen atoms in total. The molecule has 2 N–H and O–H groups in total. The molecule has 0 aliphatic carbocycles. The average molecular weight is 288 g/mol. The normalized spacial score (nSPS) is 12.2. The van der Waals surface area contributed by atoms with Crippen LogP contribution < -0.4 is 5.73 Å². The van der Waals surface area contributed by atoms with Crippen LogP contribution in [-0.4, -0.2) is 5.71 Å². The van der Waals surface area contributed by atoms with E-state index in [1.807, 2.05) is 47.1 Å². The van der Waals surface area contributed by atoms with Crippen LogP contribution in [0.3, 0.4) is 0 Å². The first-order valence-electron chi connectivity index (χ1n) is 4.20. The maximum atomic E-state index is 5.85. The molecule has 0 amide bonds. The summed E-state index contributed by atoms with van der Waals surface area (Å²) in [7, 11) is 0. The van der Waals surface area contributed by atoms with E-state index in [1.54, 1.807) is 0 Å². The van der Waals surface area contributed by atoms with Gasteiger partial charge in [-0.15, -0.1) is 0 Å². The zero-order chi connectivity index (χ0) is 9.84. The second kappa shape index (κ2) is 4.60. The number of hydrogen-bond acceptors (Lipinski definition) is 2. The molecule has 1 rings (SSSR count). The molecule has 0 heterocycles. The summed E-state index contributed by atoms with van der Waals surface area (Å²) < 4.78 is 4.23. The third-order valence-corrected chi connectivity index (χ3v) is 2.39. The fraction of sp³-hybridized carbons (Fsp3) is 0.300. The van der Waals surface area contributed by atoms with Crippen LogP contribution in [0.25, 0.3) is 0 Å². The van der Waals surface area contributed by atoms with Crippen molar-refractivity contribution in [1.29, 1.82) is 0 Å². The highest BCUT2D eigenvalue weighted by molar-refractivity contribution is 14.1. The maximum absolute atomic E-state index is 5.85. The van der Waals surface area contributed by atoms with Crippen LogP contribution in [0.15, 0.2) is 27.5 Å². The van der Waals surface area contributed by atoms with Crippen LogP contribution in [-0.2, 0) is 0 Å². The van der Waals surface area contributed by atoms with Crippen molar-refractivity contribution < 1.29 is 0 Å². The molecule has 0 spiro atoms. The minimum Gasteiger partial charge on any atom is -0.398 e. The second-order valence-corrected chi connectivity index (χ2v) is 3.69. The van der Waals surface area contributed by atoms with E-state index < -0.39 is 0 Å². The Morgan fingerprint density at radius 1 is 1.38 bits per heavy atom. The number of nitrogens with two attached hydrogens (primary N) is 1. The van der Waals surface area contributed by atoms with Crippen LogP contribution in [0, 0.1) is 5.92 Å². The monoisotopic (exact) mass is 288 g/mol. The SMILES string of the molecule is CC(C)/C(=N/I)c1ccccc1N. The molecule has 0 saturated carbocycles. The fourth-order valence-corrected chi connectivity index (χ4v) is 2.00. The molecular formula is C10H13IN2. The zero-order valence-corrected chi connectivity index (χ0v) is 9.95. The molecule has 70 valence electrons. The highest BCUT2D eigenvalue weighted by atomic mass is 127. The van der Waals surface area contributed by atoms with Crippen molar-refractivity contribution in [2.45, 2.75) is 13.8 Å². The van der Waals surface area contributed by atoms with Gasteiger partial charge in [-0.1, -0.05) is 32.0 Å². The van der Waals surface area contributed by atoms with Gasteiger partial charge in [0.25, 0.3) is 0 Å². The van der Waals surface area contributed by atoms with E-state index in [9.17, 15) is 0 Å². The van der Waals surface area contributed by atoms with Crippen molar-refractivity contribution in [2.24, 2.45) is 9.12 Å². The third-order valence-electron chi connectivity index (χ3n) is 1.87. The predicted molar refractivity (Wildman–Crippen MR) is 66.2 cm³/mol. The summed E-state index contributed by atoms with van der Waals surface area (Å²) in [6, 6.07) is 7.83. The van der Waals surface area contributed by atoms with Crippen molar-refractivity contribution in [3.8, 4) is 0 Å². The second-order valence-electron chi connectivity index (χ2n) is 3.21. The van der Waals surface area contributed by atoms with Crippen LogP contribution >= 0.6 is 22.9 Å². The van der Waals surface area contributed by atoms with E-state index in [-0.39, 0.29) is 0 Å². The van der Waals surface area contributed by atoms with Crippen LogP contribution in [0.4, 0.5) is 5.69 Å². The highest BCUT2D eigenvalue weighted by Gasteiger charge is 2.09. The van der Waals surface area contributed by atoms with E-state index in [2.05, 4.69) is 17.1 Å². The first kappa shape index (κ1) is 10.5. The molecule has 3 heteroatoms. The van der Waals surface area contributed by atoms with Gasteiger partial charge in [0.05, 0.1) is 28.6 Å². The van der Waals surface area contributed by atoms with Crippen molar-refractivity contribution in [1.82, 2.24) is 0 Å². The molecule has 0 radical (unpaired) electrons. The summed E-state index contributed by atoms with van der Waals surface area (Å²) in [5, 5.41) is 0. The Balaban J connectivity index is 3.13. The number of rotatable bonds is 2. The predicted octanol–water partition coefficient (Wildman–Crippen LogP) is 3.06. The first-order chi connectivity index (χ1) is 6.16. The summed E-state index contributed by atoms with van der Waals surface area (Å²) in [5.74, 6) is 0.404. The molecular weight excluding hydrogens is 275 g/mol. The Labute approximate surface area is 92.7 Å². The van der Waals surface area contributed by atoms with Gasteiger partial charge in [-0.25, -0.2) is 3.21 Å². The van der Waals surface area contributed by atoms with Crippen molar-refractivity contribution in [3.63, 3.8) is 0 Å². The van der Waals surface area contributed by atoms with Gasteiger partial charge in [0, 0.05) is 11.3 Å². The van der Waals surface area contributed by atoms with Crippen LogP contribution in [0.2, 0.25) is 0 Å². The molecule has 0 aromatic heterocycles. The lowest BCUT2D eigenvalue weighted by Gasteiger charge is -2.10. The highest BCUT2D eigenvalue weighted by Crippen LogP contribution is 2.17. The molecule has 0 aliphatic rings. The summed E-state index contributed by atoms with van der Waals surface area (Å²) >= 11 is 2.02. The van der Waals surface area contributed by atoms with Gasteiger partial charge in [-0.2, -0.15) is 0 Å². The largest absolute Gasteiger partial charge is 0.398 e. The molecule has 1 aromatic carbocycles. The molecule has 13 heavy (non-hydrogen) atoms. The maximum Gasteiger partial charge on any atom is 0.0834 e.